The second-order valence-corrected chi connectivity index (χ2v) is 11.0. The smallest absolute Gasteiger partial charge is 0.243 e. The molecular formula is C26H39N5O4. The standard InChI is InChI=1S/C26H39N5O4/c1-25(2,3)22(27-6)24(34)31-15-18(32)14-20(31)23(33)29-21(26(4,5)35)17-10-8-16(9-11-17)19-12-13-28-30(19)7/h8-13,18,20-22,27,32,35H,14-15H2,1-7H3,(H,29,33)/t18-,20+,21-,22-/m1/s1. The van der Waals surface area contributed by atoms with Crippen LogP contribution in [0.25, 0.3) is 11.3 Å². The lowest BCUT2D eigenvalue weighted by Crippen LogP contribution is -2.56. The normalized spacial score (nSPS) is 20.5. The maximum Gasteiger partial charge on any atom is 0.243 e. The molecular weight excluding hydrogens is 446 g/mol. The molecule has 0 unspecified atom stereocenters. The number of β-amino-alcohol motifs (C(OH)–C–C–N with tert-alkyl or cyclic N) is 1. The highest BCUT2D eigenvalue weighted by Crippen LogP contribution is 2.30. The van der Waals surface area contributed by atoms with Crippen LogP contribution in [0, 0.1) is 5.41 Å². The molecule has 0 spiro atoms. The topological polar surface area (TPSA) is 120 Å². The second-order valence-electron chi connectivity index (χ2n) is 11.0. The third kappa shape index (κ3) is 5.91. The molecule has 0 radical (unpaired) electrons. The van der Waals surface area contributed by atoms with E-state index in [-0.39, 0.29) is 24.3 Å². The average Bonchev–Trinajstić information content (AvgIpc) is 3.36. The van der Waals surface area contributed by atoms with E-state index in [1.807, 2.05) is 58.2 Å². The lowest BCUT2D eigenvalue weighted by molar-refractivity contribution is -0.142. The Hall–Kier alpha value is -2.75. The van der Waals surface area contributed by atoms with Crippen molar-refractivity contribution in [3.8, 4) is 11.3 Å². The van der Waals surface area contributed by atoms with Crippen molar-refractivity contribution in [1.82, 2.24) is 25.3 Å². The fraction of sp³-hybridized carbons (Fsp3) is 0.577. The molecule has 1 aromatic carbocycles. The number of hydrogen-bond donors (Lipinski definition) is 4. The monoisotopic (exact) mass is 485 g/mol. The van der Waals surface area contributed by atoms with Gasteiger partial charge in [0.2, 0.25) is 11.8 Å². The van der Waals surface area contributed by atoms with Crippen molar-refractivity contribution >= 4 is 11.8 Å². The molecule has 4 N–H and O–H groups in total. The van der Waals surface area contributed by atoms with Gasteiger partial charge in [-0.1, -0.05) is 45.0 Å². The molecule has 0 bridgehead atoms. The van der Waals surface area contributed by atoms with E-state index in [2.05, 4.69) is 15.7 Å². The Balaban J connectivity index is 1.84. The summed E-state index contributed by atoms with van der Waals surface area (Å²) in [6, 6.07) is 7.45. The first-order valence-corrected chi connectivity index (χ1v) is 12.0. The average molecular weight is 486 g/mol. The van der Waals surface area contributed by atoms with Crippen molar-refractivity contribution in [2.75, 3.05) is 13.6 Å². The van der Waals surface area contributed by atoms with Crippen LogP contribution in [0.1, 0.15) is 52.6 Å². The van der Waals surface area contributed by atoms with Gasteiger partial charge in [-0.25, -0.2) is 0 Å². The first-order valence-electron chi connectivity index (χ1n) is 12.0. The number of carbonyl (C=O) groups is 2. The molecule has 2 heterocycles. The Labute approximate surface area is 207 Å². The molecule has 2 aromatic rings. The second kappa shape index (κ2) is 10.1. The molecule has 4 atom stereocenters. The molecule has 0 saturated carbocycles. The van der Waals surface area contributed by atoms with Crippen molar-refractivity contribution in [3.05, 3.63) is 42.1 Å². The van der Waals surface area contributed by atoms with Gasteiger partial charge in [-0.3, -0.25) is 14.3 Å². The zero-order chi connectivity index (χ0) is 26.1. The van der Waals surface area contributed by atoms with Gasteiger partial charge in [-0.2, -0.15) is 5.10 Å². The van der Waals surface area contributed by atoms with Crippen molar-refractivity contribution in [2.24, 2.45) is 12.5 Å². The number of aliphatic hydroxyl groups is 2. The molecule has 1 fully saturated rings. The summed E-state index contributed by atoms with van der Waals surface area (Å²) >= 11 is 0. The summed E-state index contributed by atoms with van der Waals surface area (Å²) in [6.07, 6.45) is 1.09. The van der Waals surface area contributed by atoms with Crippen LogP contribution in [0.5, 0.6) is 0 Å². The summed E-state index contributed by atoms with van der Waals surface area (Å²) in [7, 11) is 3.58. The minimum Gasteiger partial charge on any atom is -0.391 e. The van der Waals surface area contributed by atoms with Gasteiger partial charge in [-0.15, -0.1) is 0 Å². The molecule has 1 aliphatic rings. The Morgan fingerprint density at radius 1 is 1.11 bits per heavy atom. The molecule has 35 heavy (non-hydrogen) atoms. The zero-order valence-electron chi connectivity index (χ0n) is 21.7. The maximum absolute atomic E-state index is 13.4. The van der Waals surface area contributed by atoms with Crippen molar-refractivity contribution < 1.29 is 19.8 Å². The third-order valence-corrected chi connectivity index (χ3v) is 6.62. The summed E-state index contributed by atoms with van der Waals surface area (Å²) in [6.45, 7) is 9.22. The fourth-order valence-corrected chi connectivity index (χ4v) is 4.81. The molecule has 3 rings (SSSR count). The first kappa shape index (κ1) is 26.8. The highest BCUT2D eigenvalue weighted by molar-refractivity contribution is 5.91. The Bertz CT molecular complexity index is 1040. The van der Waals surface area contributed by atoms with Crippen LogP contribution >= 0.6 is 0 Å². The fourth-order valence-electron chi connectivity index (χ4n) is 4.81. The van der Waals surface area contributed by atoms with Crippen LogP contribution in [0.3, 0.4) is 0 Å². The number of rotatable bonds is 7. The van der Waals surface area contributed by atoms with Gasteiger partial charge in [-0.05, 0) is 43.5 Å². The number of amides is 2. The van der Waals surface area contributed by atoms with Gasteiger partial charge in [0.05, 0.1) is 29.5 Å². The largest absolute Gasteiger partial charge is 0.391 e. The molecule has 9 nitrogen and oxygen atoms in total. The number of likely N-dealkylation sites (N-methyl/N-ethyl adjacent to an activating group) is 1. The predicted molar refractivity (Wildman–Crippen MR) is 134 cm³/mol. The van der Waals surface area contributed by atoms with Crippen LogP contribution in [0.2, 0.25) is 0 Å². The summed E-state index contributed by atoms with van der Waals surface area (Å²) < 4.78 is 1.78. The number of aryl methyl sites for hydroxylation is 1. The van der Waals surface area contributed by atoms with E-state index < -0.39 is 35.7 Å². The summed E-state index contributed by atoms with van der Waals surface area (Å²) in [5.74, 6) is -0.626. The van der Waals surface area contributed by atoms with Crippen LogP contribution in [-0.2, 0) is 16.6 Å². The van der Waals surface area contributed by atoms with Gasteiger partial charge in [0, 0.05) is 26.2 Å². The van der Waals surface area contributed by atoms with Crippen molar-refractivity contribution in [1.29, 1.82) is 0 Å². The summed E-state index contributed by atoms with van der Waals surface area (Å²) in [5, 5.41) is 31.4. The quantitative estimate of drug-likeness (QED) is 0.473. The van der Waals surface area contributed by atoms with Crippen molar-refractivity contribution in [2.45, 2.75) is 70.9 Å². The van der Waals surface area contributed by atoms with E-state index in [4.69, 9.17) is 0 Å². The van der Waals surface area contributed by atoms with Crippen LogP contribution < -0.4 is 10.6 Å². The Kier molecular flexibility index (Phi) is 7.74. The van der Waals surface area contributed by atoms with Crippen LogP contribution in [0.15, 0.2) is 36.5 Å². The molecule has 192 valence electrons. The number of aliphatic hydroxyl groups excluding tert-OH is 1. The lowest BCUT2D eigenvalue weighted by atomic mass is 9.85. The van der Waals surface area contributed by atoms with E-state index in [1.54, 1.807) is 31.8 Å². The van der Waals surface area contributed by atoms with Gasteiger partial charge in [0.25, 0.3) is 0 Å². The number of aromatic nitrogens is 2. The minimum atomic E-state index is -1.27. The zero-order valence-corrected chi connectivity index (χ0v) is 21.7. The third-order valence-electron chi connectivity index (χ3n) is 6.62. The highest BCUT2D eigenvalue weighted by atomic mass is 16.3. The number of nitrogens with zero attached hydrogens (tertiary/aromatic N) is 3. The molecule has 9 heteroatoms. The number of carbonyl (C=O) groups excluding carboxylic acids is 2. The number of nitrogens with one attached hydrogen (secondary N) is 2. The number of likely N-dealkylation sites (tertiary alicyclic amines) is 1. The first-order chi connectivity index (χ1) is 16.2. The SMILES string of the molecule is CN[C@H](C(=O)N1C[C@H](O)C[C@H]1C(=O)N[C@H](c1ccc(-c2ccnn2C)cc1)C(C)(C)O)C(C)(C)C. The van der Waals surface area contributed by atoms with E-state index in [1.165, 1.54) is 4.90 Å². The van der Waals surface area contributed by atoms with Gasteiger partial charge >= 0.3 is 0 Å². The maximum atomic E-state index is 13.4. The van der Waals surface area contributed by atoms with Gasteiger partial charge < -0.3 is 25.7 Å². The summed E-state index contributed by atoms with van der Waals surface area (Å²) in [4.78, 5) is 28.2. The number of hydrogen-bond acceptors (Lipinski definition) is 6. The van der Waals surface area contributed by atoms with E-state index in [9.17, 15) is 19.8 Å². The van der Waals surface area contributed by atoms with E-state index >= 15 is 0 Å². The van der Waals surface area contributed by atoms with Crippen LogP contribution in [-0.4, -0.2) is 74.1 Å². The Morgan fingerprint density at radius 3 is 2.23 bits per heavy atom. The van der Waals surface area contributed by atoms with Gasteiger partial charge in [0.15, 0.2) is 0 Å². The highest BCUT2D eigenvalue weighted by Gasteiger charge is 2.44. The van der Waals surface area contributed by atoms with Gasteiger partial charge in [0.1, 0.15) is 6.04 Å². The van der Waals surface area contributed by atoms with E-state index in [0.717, 1.165) is 16.8 Å². The van der Waals surface area contributed by atoms with Crippen molar-refractivity contribution in [3.63, 3.8) is 0 Å². The summed E-state index contributed by atoms with van der Waals surface area (Å²) in [5.41, 5.74) is 1.01. The number of benzene rings is 1. The molecule has 2 amide bonds. The minimum absolute atomic E-state index is 0.0950. The molecule has 1 aliphatic heterocycles. The Morgan fingerprint density at radius 2 is 1.74 bits per heavy atom. The lowest BCUT2D eigenvalue weighted by Gasteiger charge is -2.36. The van der Waals surface area contributed by atoms with E-state index in [0.29, 0.717) is 0 Å². The molecule has 0 aliphatic carbocycles. The molecule has 1 saturated heterocycles. The predicted octanol–water partition coefficient (Wildman–Crippen LogP) is 1.61. The van der Waals surface area contributed by atoms with Crippen LogP contribution in [0.4, 0.5) is 0 Å². The molecule has 1 aromatic heterocycles.